The summed E-state index contributed by atoms with van der Waals surface area (Å²) >= 11 is 0. The van der Waals surface area contributed by atoms with Crippen LogP contribution in [0.3, 0.4) is 0 Å². The van der Waals surface area contributed by atoms with Gasteiger partial charge in [0.2, 0.25) is 0 Å². The van der Waals surface area contributed by atoms with Gasteiger partial charge in [-0.3, -0.25) is 0 Å². The molecule has 0 saturated heterocycles. The fourth-order valence-electron chi connectivity index (χ4n) is 8.51. The molecule has 1 aliphatic rings. The third kappa shape index (κ3) is 4.93. The van der Waals surface area contributed by atoms with E-state index in [0.717, 1.165) is 11.4 Å². The smallest absolute Gasteiger partial charge is 0.0541 e. The van der Waals surface area contributed by atoms with E-state index in [1.54, 1.807) is 0 Å². The molecule has 1 heterocycles. The molecular formula is C49H42N2. The fraction of sp³-hybridized carbons (Fsp3) is 0.143. The minimum atomic E-state index is -0.171. The molecule has 0 bridgehead atoms. The first-order valence-electron chi connectivity index (χ1n) is 18.0. The Hall–Kier alpha value is -5.86. The first-order valence-corrected chi connectivity index (χ1v) is 18.0. The first kappa shape index (κ1) is 31.1. The predicted molar refractivity (Wildman–Crippen MR) is 217 cm³/mol. The van der Waals surface area contributed by atoms with Gasteiger partial charge in [0.1, 0.15) is 0 Å². The molecule has 0 amide bonds. The lowest BCUT2D eigenvalue weighted by Gasteiger charge is -2.36. The van der Waals surface area contributed by atoms with Crippen LogP contribution in [-0.4, -0.2) is 4.57 Å². The Labute approximate surface area is 301 Å². The number of para-hydroxylation sites is 2. The number of hydrogen-bond donors (Lipinski definition) is 0. The van der Waals surface area contributed by atoms with Crippen LogP contribution in [0.5, 0.6) is 0 Å². The van der Waals surface area contributed by atoms with Crippen LogP contribution in [0.15, 0.2) is 164 Å². The molecule has 0 fully saturated rings. The van der Waals surface area contributed by atoms with Gasteiger partial charge < -0.3 is 9.47 Å². The minimum absolute atomic E-state index is 0.113. The Kier molecular flexibility index (Phi) is 7.09. The third-order valence-corrected chi connectivity index (χ3v) is 10.9. The van der Waals surface area contributed by atoms with Crippen molar-refractivity contribution in [3.05, 3.63) is 180 Å². The Balaban J connectivity index is 1.28. The van der Waals surface area contributed by atoms with Crippen molar-refractivity contribution in [2.45, 2.75) is 45.4 Å². The molecule has 2 nitrogen and oxygen atoms in total. The summed E-state index contributed by atoms with van der Waals surface area (Å²) in [7, 11) is 0. The SMILES string of the molecule is CC(C)(C)c1cc(-c2ccccc2)ccc1N(c1ccc(-n2c3ccccc3c3ccccc32)cc1)c1cccc2c1C(C)(C)c1ccccc1-2. The summed E-state index contributed by atoms with van der Waals surface area (Å²) in [5, 5.41) is 2.54. The topological polar surface area (TPSA) is 8.17 Å². The van der Waals surface area contributed by atoms with E-state index in [-0.39, 0.29) is 10.8 Å². The van der Waals surface area contributed by atoms with Crippen molar-refractivity contribution in [1.29, 1.82) is 0 Å². The third-order valence-electron chi connectivity index (χ3n) is 10.9. The van der Waals surface area contributed by atoms with Crippen molar-refractivity contribution in [1.82, 2.24) is 4.57 Å². The van der Waals surface area contributed by atoms with E-state index in [2.05, 4.69) is 208 Å². The average Bonchev–Trinajstić information content (AvgIpc) is 3.61. The highest BCUT2D eigenvalue weighted by molar-refractivity contribution is 6.09. The van der Waals surface area contributed by atoms with Crippen molar-refractivity contribution in [2.24, 2.45) is 0 Å². The molecule has 0 atom stereocenters. The molecule has 0 unspecified atom stereocenters. The minimum Gasteiger partial charge on any atom is -0.310 e. The molecule has 8 aromatic rings. The quantitative estimate of drug-likeness (QED) is 0.179. The van der Waals surface area contributed by atoms with Crippen LogP contribution in [0.1, 0.15) is 51.3 Å². The molecule has 0 aliphatic heterocycles. The van der Waals surface area contributed by atoms with Crippen molar-refractivity contribution in [3.8, 4) is 27.9 Å². The number of anilines is 3. The van der Waals surface area contributed by atoms with E-state index < -0.39 is 0 Å². The van der Waals surface area contributed by atoms with Gasteiger partial charge in [0.15, 0.2) is 0 Å². The van der Waals surface area contributed by atoms with Crippen LogP contribution in [0.2, 0.25) is 0 Å². The van der Waals surface area contributed by atoms with E-state index in [4.69, 9.17) is 0 Å². The zero-order valence-corrected chi connectivity index (χ0v) is 30.0. The Morgan fingerprint density at radius 3 is 1.80 bits per heavy atom. The molecule has 7 aromatic carbocycles. The van der Waals surface area contributed by atoms with Gasteiger partial charge in [-0.1, -0.05) is 144 Å². The maximum Gasteiger partial charge on any atom is 0.0541 e. The van der Waals surface area contributed by atoms with E-state index in [9.17, 15) is 0 Å². The molecular weight excluding hydrogens is 617 g/mol. The molecule has 248 valence electrons. The van der Waals surface area contributed by atoms with Crippen LogP contribution >= 0.6 is 0 Å². The zero-order chi connectivity index (χ0) is 34.9. The zero-order valence-electron chi connectivity index (χ0n) is 30.0. The maximum absolute atomic E-state index is 2.53. The second kappa shape index (κ2) is 11.6. The largest absolute Gasteiger partial charge is 0.310 e. The van der Waals surface area contributed by atoms with Gasteiger partial charge in [-0.25, -0.2) is 0 Å². The maximum atomic E-state index is 2.53. The van der Waals surface area contributed by atoms with Gasteiger partial charge in [0, 0.05) is 33.2 Å². The van der Waals surface area contributed by atoms with Crippen LogP contribution < -0.4 is 4.90 Å². The summed E-state index contributed by atoms with van der Waals surface area (Å²) in [6.07, 6.45) is 0. The second-order valence-corrected chi connectivity index (χ2v) is 15.4. The van der Waals surface area contributed by atoms with E-state index in [1.165, 1.54) is 72.1 Å². The van der Waals surface area contributed by atoms with Crippen molar-refractivity contribution in [2.75, 3.05) is 4.90 Å². The molecule has 2 heteroatoms. The molecule has 0 radical (unpaired) electrons. The van der Waals surface area contributed by atoms with Crippen molar-refractivity contribution in [3.63, 3.8) is 0 Å². The van der Waals surface area contributed by atoms with E-state index in [0.29, 0.717) is 0 Å². The lowest BCUT2D eigenvalue weighted by Crippen LogP contribution is -2.23. The lowest BCUT2D eigenvalue weighted by atomic mass is 9.80. The number of fused-ring (bicyclic) bond motifs is 6. The molecule has 1 aliphatic carbocycles. The van der Waals surface area contributed by atoms with Gasteiger partial charge in [-0.2, -0.15) is 0 Å². The van der Waals surface area contributed by atoms with Gasteiger partial charge in [0.05, 0.1) is 16.7 Å². The van der Waals surface area contributed by atoms with E-state index in [1.807, 2.05) is 0 Å². The van der Waals surface area contributed by atoms with Gasteiger partial charge >= 0.3 is 0 Å². The Morgan fingerprint density at radius 1 is 0.510 bits per heavy atom. The van der Waals surface area contributed by atoms with Crippen LogP contribution in [0.4, 0.5) is 17.1 Å². The summed E-state index contributed by atoms with van der Waals surface area (Å²) in [4.78, 5) is 2.53. The number of nitrogens with zero attached hydrogens (tertiary/aromatic N) is 2. The molecule has 0 spiro atoms. The van der Waals surface area contributed by atoms with Crippen LogP contribution in [-0.2, 0) is 10.8 Å². The highest BCUT2D eigenvalue weighted by Crippen LogP contribution is 2.55. The summed E-state index contributed by atoms with van der Waals surface area (Å²) in [6, 6.07) is 60.2. The second-order valence-electron chi connectivity index (χ2n) is 15.4. The molecule has 0 saturated carbocycles. The summed E-state index contributed by atoms with van der Waals surface area (Å²) < 4.78 is 2.40. The van der Waals surface area contributed by atoms with Gasteiger partial charge in [-0.15, -0.1) is 0 Å². The van der Waals surface area contributed by atoms with Crippen LogP contribution in [0, 0.1) is 0 Å². The highest BCUT2D eigenvalue weighted by atomic mass is 15.2. The first-order chi connectivity index (χ1) is 24.7. The fourth-order valence-corrected chi connectivity index (χ4v) is 8.51. The molecule has 51 heavy (non-hydrogen) atoms. The summed E-state index contributed by atoms with van der Waals surface area (Å²) in [5.74, 6) is 0. The van der Waals surface area contributed by atoms with Gasteiger partial charge in [-0.05, 0) is 99.0 Å². The highest BCUT2D eigenvalue weighted by Gasteiger charge is 2.39. The normalized spacial score (nSPS) is 13.4. The van der Waals surface area contributed by atoms with Crippen molar-refractivity contribution < 1.29 is 0 Å². The Morgan fingerprint density at radius 2 is 1.12 bits per heavy atom. The number of aromatic nitrogens is 1. The van der Waals surface area contributed by atoms with E-state index >= 15 is 0 Å². The van der Waals surface area contributed by atoms with Gasteiger partial charge in [0.25, 0.3) is 0 Å². The average molecular weight is 659 g/mol. The standard InChI is InChI=1S/C49H42N2/c1-48(2,3)42-32-34(33-16-7-6-8-17-33)26-31-45(42)51(46-25-15-21-40-37-18-9-12-22-41(37)49(4,5)47(40)46)36-29-27-35(28-30-36)50-43-23-13-10-19-38(43)39-20-11-14-24-44(39)50/h6-32H,1-5H3. The lowest BCUT2D eigenvalue weighted by molar-refractivity contribution is 0.591. The number of rotatable bonds is 5. The predicted octanol–water partition coefficient (Wildman–Crippen LogP) is 13.5. The van der Waals surface area contributed by atoms with Crippen LogP contribution in [0.25, 0.3) is 49.7 Å². The number of hydrogen-bond acceptors (Lipinski definition) is 1. The molecule has 9 rings (SSSR count). The molecule has 0 N–H and O–H groups in total. The van der Waals surface area contributed by atoms with Crippen molar-refractivity contribution >= 4 is 38.9 Å². The number of benzene rings is 7. The summed E-state index contributed by atoms with van der Waals surface area (Å²) in [5.41, 5.74) is 16.0. The Bertz CT molecular complexity index is 2530. The summed E-state index contributed by atoms with van der Waals surface area (Å²) in [6.45, 7) is 11.8. The monoisotopic (exact) mass is 658 g/mol. The molecule has 1 aromatic heterocycles.